The maximum Gasteiger partial charge on any atom is 0.417 e. The van der Waals surface area contributed by atoms with Crippen molar-refractivity contribution in [1.82, 2.24) is 0 Å². The number of alkyl halides is 9. The number of carbonyl (C=O) groups is 1. The van der Waals surface area contributed by atoms with Gasteiger partial charge in [0.25, 0.3) is 0 Å². The number of sulfone groups is 1. The first-order valence-corrected chi connectivity index (χ1v) is 13.1. The second-order valence-corrected chi connectivity index (χ2v) is 11.4. The summed E-state index contributed by atoms with van der Waals surface area (Å²) in [6.07, 6.45) is -16.6. The molecule has 0 saturated carbocycles. The third kappa shape index (κ3) is 9.46. The van der Waals surface area contributed by atoms with Gasteiger partial charge in [-0.15, -0.1) is 0 Å². The van der Waals surface area contributed by atoms with Gasteiger partial charge in [-0.05, 0) is 35.8 Å². The summed E-state index contributed by atoms with van der Waals surface area (Å²) in [6, 6.07) is 2.90. The van der Waals surface area contributed by atoms with Gasteiger partial charge >= 0.3 is 18.5 Å². The number of Topliss-reactive ketones (excluding diaryl/α,β-unsaturated/α-hetero) is 1. The molecular weight excluding hydrogens is 613 g/mol. The normalized spacial score (nSPS) is 15.2. The smallest absolute Gasteiger partial charge is 0.294 e. The highest BCUT2D eigenvalue weighted by Crippen LogP contribution is 2.40. The Kier molecular flexibility index (Phi) is 10.1. The number of allylic oxidation sites excluding steroid dienone is 1. The van der Waals surface area contributed by atoms with Crippen LogP contribution in [0.2, 0.25) is 5.02 Å². The molecule has 2 aromatic carbocycles. The van der Waals surface area contributed by atoms with Crippen LogP contribution in [0.4, 0.5) is 48.3 Å². The van der Waals surface area contributed by atoms with Crippen LogP contribution in [0.25, 0.3) is 5.83 Å². The molecule has 0 amide bonds. The van der Waals surface area contributed by atoms with E-state index < -0.39 is 103 Å². The van der Waals surface area contributed by atoms with Gasteiger partial charge < -0.3 is 0 Å². The Morgan fingerprint density at radius 3 is 2.08 bits per heavy atom. The summed E-state index contributed by atoms with van der Waals surface area (Å²) in [5.41, 5.74) is -4.59. The van der Waals surface area contributed by atoms with E-state index in [2.05, 4.69) is 0 Å². The quantitative estimate of drug-likeness (QED) is 0.207. The van der Waals surface area contributed by atoms with E-state index in [0.29, 0.717) is 30.3 Å². The van der Waals surface area contributed by atoms with Gasteiger partial charge in [-0.1, -0.05) is 36.7 Å². The fourth-order valence-electron chi connectivity index (χ4n) is 3.73. The average Bonchev–Trinajstić information content (AvgIpc) is 2.75. The fourth-order valence-corrected chi connectivity index (χ4v) is 5.52. The van der Waals surface area contributed by atoms with E-state index >= 15 is 0 Å². The standard InChI is InChI=1S/C24H18ClF11O3S/c1-12(10-40(38,39)11-22(28,29)30)6-21(37)15-4-2-14(7-17(15)24(34,35)36)20(27)9-16(23(31,32)33)13-3-5-19(26)18(25)8-13/h2-5,7-9,12,16H,6,10-11H2,1H3/b20-9-/t12-,16?/m0/s1. The van der Waals surface area contributed by atoms with E-state index in [-0.39, 0.29) is 12.1 Å². The number of rotatable bonds is 9. The van der Waals surface area contributed by atoms with Crippen molar-refractivity contribution in [3.8, 4) is 0 Å². The number of carbonyl (C=O) groups excluding carboxylic acids is 1. The minimum Gasteiger partial charge on any atom is -0.294 e. The van der Waals surface area contributed by atoms with Gasteiger partial charge in [-0.3, -0.25) is 4.79 Å². The van der Waals surface area contributed by atoms with Crippen molar-refractivity contribution < 1.29 is 61.5 Å². The molecule has 0 fully saturated rings. The minimum absolute atomic E-state index is 0.0614. The molecule has 0 saturated heterocycles. The molecule has 3 nitrogen and oxygen atoms in total. The molecule has 0 aliphatic heterocycles. The van der Waals surface area contributed by atoms with Crippen LogP contribution in [0.1, 0.15) is 46.3 Å². The number of halogens is 12. The zero-order chi connectivity index (χ0) is 30.8. The molecule has 40 heavy (non-hydrogen) atoms. The van der Waals surface area contributed by atoms with Crippen LogP contribution >= 0.6 is 11.6 Å². The Bertz CT molecular complexity index is 1380. The van der Waals surface area contributed by atoms with E-state index in [1.807, 2.05) is 0 Å². The predicted molar refractivity (Wildman–Crippen MR) is 124 cm³/mol. The van der Waals surface area contributed by atoms with Crippen LogP contribution in [-0.4, -0.2) is 38.1 Å². The lowest BCUT2D eigenvalue weighted by molar-refractivity contribution is -0.140. The van der Waals surface area contributed by atoms with Gasteiger partial charge in [-0.2, -0.15) is 39.5 Å². The van der Waals surface area contributed by atoms with Gasteiger partial charge in [0.2, 0.25) is 0 Å². The third-order valence-electron chi connectivity index (χ3n) is 5.33. The first-order chi connectivity index (χ1) is 18.0. The highest BCUT2D eigenvalue weighted by molar-refractivity contribution is 7.91. The number of benzene rings is 2. The van der Waals surface area contributed by atoms with Crippen molar-refractivity contribution >= 4 is 33.0 Å². The molecule has 2 atom stereocenters. The van der Waals surface area contributed by atoms with Crippen molar-refractivity contribution in [2.75, 3.05) is 11.5 Å². The molecule has 0 aromatic heterocycles. The molecule has 0 aliphatic rings. The number of hydrogen-bond acceptors (Lipinski definition) is 3. The second kappa shape index (κ2) is 12.0. The molecule has 0 spiro atoms. The van der Waals surface area contributed by atoms with Crippen molar-refractivity contribution in [3.05, 3.63) is 75.6 Å². The van der Waals surface area contributed by atoms with Crippen LogP contribution in [0.5, 0.6) is 0 Å². The van der Waals surface area contributed by atoms with E-state index in [9.17, 15) is 61.5 Å². The Morgan fingerprint density at radius 1 is 0.975 bits per heavy atom. The summed E-state index contributed by atoms with van der Waals surface area (Å²) in [7, 11) is -4.75. The summed E-state index contributed by atoms with van der Waals surface area (Å²) in [5.74, 6) is -11.6. The van der Waals surface area contributed by atoms with Crippen molar-refractivity contribution in [1.29, 1.82) is 0 Å². The lowest BCUT2D eigenvalue weighted by atomic mass is 9.93. The van der Waals surface area contributed by atoms with Gasteiger partial charge in [0.05, 0.1) is 16.3 Å². The van der Waals surface area contributed by atoms with Gasteiger partial charge in [0.1, 0.15) is 23.3 Å². The summed E-state index contributed by atoms with van der Waals surface area (Å²) < 4.78 is 171. The number of hydrogen-bond donors (Lipinski definition) is 0. The second-order valence-electron chi connectivity index (χ2n) is 8.87. The van der Waals surface area contributed by atoms with Gasteiger partial charge in [-0.25, -0.2) is 17.2 Å². The lowest BCUT2D eigenvalue weighted by Crippen LogP contribution is -2.28. The molecule has 0 heterocycles. The third-order valence-corrected chi connectivity index (χ3v) is 7.46. The Labute approximate surface area is 225 Å². The first kappa shape index (κ1) is 33.5. The van der Waals surface area contributed by atoms with Crippen LogP contribution in [0.15, 0.2) is 42.5 Å². The Balaban J connectivity index is 2.43. The predicted octanol–water partition coefficient (Wildman–Crippen LogP) is 8.34. The molecule has 1 unspecified atom stereocenters. The van der Waals surface area contributed by atoms with Crippen LogP contribution < -0.4 is 0 Å². The largest absolute Gasteiger partial charge is 0.417 e. The maximum absolute atomic E-state index is 14.9. The van der Waals surface area contributed by atoms with Gasteiger partial charge in [0, 0.05) is 17.5 Å². The topological polar surface area (TPSA) is 51.2 Å². The first-order valence-electron chi connectivity index (χ1n) is 10.9. The molecule has 0 radical (unpaired) electrons. The Morgan fingerprint density at radius 2 is 1.57 bits per heavy atom. The molecule has 2 aromatic rings. The van der Waals surface area contributed by atoms with Crippen molar-refractivity contribution in [2.24, 2.45) is 5.92 Å². The van der Waals surface area contributed by atoms with E-state index in [1.54, 1.807) is 0 Å². The van der Waals surface area contributed by atoms with Crippen LogP contribution in [-0.2, 0) is 16.0 Å². The average molecular weight is 631 g/mol. The zero-order valence-electron chi connectivity index (χ0n) is 20.0. The summed E-state index contributed by atoms with van der Waals surface area (Å²) >= 11 is 5.48. The van der Waals surface area contributed by atoms with E-state index in [1.165, 1.54) is 0 Å². The monoisotopic (exact) mass is 630 g/mol. The van der Waals surface area contributed by atoms with Crippen LogP contribution in [0.3, 0.4) is 0 Å². The SMILES string of the molecule is C[C@@H](CC(=O)c1ccc(/C(F)=C/C(c2ccc(F)c(Cl)c2)C(F)(F)F)cc1C(F)(F)F)CS(=O)(=O)CC(F)(F)F. The van der Waals surface area contributed by atoms with E-state index in [0.717, 1.165) is 6.92 Å². The van der Waals surface area contributed by atoms with Gasteiger partial charge in [0.15, 0.2) is 15.6 Å². The number of ketones is 1. The molecule has 0 N–H and O–H groups in total. The zero-order valence-corrected chi connectivity index (χ0v) is 21.6. The summed E-state index contributed by atoms with van der Waals surface area (Å²) in [6.45, 7) is 1.02. The molecule has 16 heteroatoms. The Hall–Kier alpha value is -2.68. The van der Waals surface area contributed by atoms with E-state index in [4.69, 9.17) is 11.6 Å². The molecule has 2 rings (SSSR count). The fraction of sp³-hybridized carbons (Fsp3) is 0.375. The van der Waals surface area contributed by atoms with Crippen molar-refractivity contribution in [2.45, 2.75) is 37.8 Å². The summed E-state index contributed by atoms with van der Waals surface area (Å²) in [5, 5.41) is -0.719. The highest BCUT2D eigenvalue weighted by atomic mass is 35.5. The maximum atomic E-state index is 14.9. The minimum atomic E-state index is -5.33. The molecule has 0 aliphatic carbocycles. The van der Waals surface area contributed by atoms with Crippen LogP contribution in [0, 0.1) is 11.7 Å². The van der Waals surface area contributed by atoms with Crippen molar-refractivity contribution in [3.63, 3.8) is 0 Å². The highest BCUT2D eigenvalue weighted by Gasteiger charge is 2.41. The molecular formula is C24H18ClF11O3S. The lowest BCUT2D eigenvalue weighted by Gasteiger charge is -2.19. The summed E-state index contributed by atoms with van der Waals surface area (Å²) in [4.78, 5) is 12.5. The molecule has 222 valence electrons. The molecule has 0 bridgehead atoms.